The molecule has 0 saturated carbocycles. The maximum absolute atomic E-state index is 12.6. The van der Waals surface area contributed by atoms with Gasteiger partial charge in [0.15, 0.2) is 6.10 Å². The van der Waals surface area contributed by atoms with Crippen LogP contribution < -0.4 is 9.47 Å². The van der Waals surface area contributed by atoms with E-state index in [2.05, 4.69) is 0 Å². The lowest BCUT2D eigenvalue weighted by Gasteiger charge is -2.27. The zero-order valence-electron chi connectivity index (χ0n) is 15.3. The fourth-order valence-electron chi connectivity index (χ4n) is 2.94. The molecule has 0 saturated heterocycles. The molecule has 1 heterocycles. The number of phenols is 2. The maximum Gasteiger partial charge on any atom is 0.248 e. The van der Waals surface area contributed by atoms with E-state index in [1.807, 2.05) is 19.9 Å². The van der Waals surface area contributed by atoms with Crippen LogP contribution in [0.2, 0.25) is 0 Å². The standard InChI is InChI=1S/C21H20O6/c1-11(2)4-9-14-15(22)10-16(23)17-18(24)19(25)20(27-21(14)17)12-5-7-13(26-3)8-6-12/h4-8,10,20,22-23H,9H2,1-3H3. The van der Waals surface area contributed by atoms with Crippen molar-refractivity contribution in [1.29, 1.82) is 0 Å². The molecule has 1 aliphatic heterocycles. The van der Waals surface area contributed by atoms with Crippen molar-refractivity contribution < 1.29 is 29.3 Å². The van der Waals surface area contributed by atoms with Gasteiger partial charge in [0, 0.05) is 17.2 Å². The summed E-state index contributed by atoms with van der Waals surface area (Å²) in [7, 11) is 1.53. The number of carbonyl (C=O) groups is 2. The average molecular weight is 368 g/mol. The van der Waals surface area contributed by atoms with E-state index in [0.717, 1.165) is 11.6 Å². The highest BCUT2D eigenvalue weighted by molar-refractivity contribution is 6.47. The van der Waals surface area contributed by atoms with Crippen LogP contribution in [0.1, 0.15) is 41.4 Å². The average Bonchev–Trinajstić information content (AvgIpc) is 2.63. The number of fused-ring (bicyclic) bond motifs is 1. The molecule has 0 amide bonds. The Morgan fingerprint density at radius 3 is 2.41 bits per heavy atom. The summed E-state index contributed by atoms with van der Waals surface area (Å²) in [5.74, 6) is -1.65. The number of ether oxygens (including phenoxy) is 2. The topological polar surface area (TPSA) is 93.1 Å². The first-order valence-electron chi connectivity index (χ1n) is 8.43. The highest BCUT2D eigenvalue weighted by Crippen LogP contribution is 2.44. The molecule has 0 aromatic heterocycles. The number of hydrogen-bond acceptors (Lipinski definition) is 6. The number of allylic oxidation sites excluding steroid dienone is 2. The second-order valence-corrected chi connectivity index (χ2v) is 6.55. The van der Waals surface area contributed by atoms with Gasteiger partial charge in [0.2, 0.25) is 11.6 Å². The van der Waals surface area contributed by atoms with Gasteiger partial charge in [-0.1, -0.05) is 23.8 Å². The Labute approximate surface area is 156 Å². The van der Waals surface area contributed by atoms with E-state index in [1.54, 1.807) is 24.3 Å². The van der Waals surface area contributed by atoms with E-state index in [0.29, 0.717) is 23.3 Å². The first kappa shape index (κ1) is 18.5. The van der Waals surface area contributed by atoms with Crippen LogP contribution in [-0.4, -0.2) is 28.9 Å². The molecule has 0 radical (unpaired) electrons. The Kier molecular flexibility index (Phi) is 4.90. The summed E-state index contributed by atoms with van der Waals surface area (Å²) >= 11 is 0. The van der Waals surface area contributed by atoms with Crippen LogP contribution in [0, 0.1) is 0 Å². The molecule has 140 valence electrons. The van der Waals surface area contributed by atoms with Crippen molar-refractivity contribution in [1.82, 2.24) is 0 Å². The minimum atomic E-state index is -1.15. The molecule has 1 unspecified atom stereocenters. The molecular formula is C21H20O6. The molecule has 0 bridgehead atoms. The van der Waals surface area contributed by atoms with Gasteiger partial charge in [0.05, 0.1) is 7.11 Å². The predicted octanol–water partition coefficient (Wildman–Crippen LogP) is 3.50. The van der Waals surface area contributed by atoms with Crippen LogP contribution in [0.3, 0.4) is 0 Å². The fraction of sp³-hybridized carbons (Fsp3) is 0.238. The predicted molar refractivity (Wildman–Crippen MR) is 98.6 cm³/mol. The quantitative estimate of drug-likeness (QED) is 0.634. The van der Waals surface area contributed by atoms with Crippen molar-refractivity contribution in [3.8, 4) is 23.0 Å². The number of hydrogen-bond donors (Lipinski definition) is 2. The largest absolute Gasteiger partial charge is 0.507 e. The van der Waals surface area contributed by atoms with Gasteiger partial charge in [-0.15, -0.1) is 0 Å². The van der Waals surface area contributed by atoms with Gasteiger partial charge < -0.3 is 19.7 Å². The van der Waals surface area contributed by atoms with Gasteiger partial charge in [-0.05, 0) is 32.4 Å². The molecule has 6 nitrogen and oxygen atoms in total. The van der Waals surface area contributed by atoms with Crippen molar-refractivity contribution >= 4 is 11.6 Å². The molecular weight excluding hydrogens is 348 g/mol. The van der Waals surface area contributed by atoms with Gasteiger partial charge in [0.25, 0.3) is 0 Å². The SMILES string of the molecule is COc1ccc(C2Oc3c(CC=C(C)C)c(O)cc(O)c3C(=O)C2=O)cc1. The van der Waals surface area contributed by atoms with E-state index in [1.165, 1.54) is 7.11 Å². The summed E-state index contributed by atoms with van der Waals surface area (Å²) in [5, 5.41) is 20.4. The van der Waals surface area contributed by atoms with Crippen LogP contribution in [0.15, 0.2) is 42.0 Å². The lowest BCUT2D eigenvalue weighted by atomic mass is 9.91. The fourth-order valence-corrected chi connectivity index (χ4v) is 2.94. The monoisotopic (exact) mass is 368 g/mol. The number of methoxy groups -OCH3 is 1. The Morgan fingerprint density at radius 1 is 1.15 bits per heavy atom. The van der Waals surface area contributed by atoms with Gasteiger partial charge in [-0.25, -0.2) is 0 Å². The van der Waals surface area contributed by atoms with Crippen molar-refractivity contribution in [2.24, 2.45) is 0 Å². The lowest BCUT2D eigenvalue weighted by molar-refractivity contribution is -0.122. The van der Waals surface area contributed by atoms with Gasteiger partial charge >= 0.3 is 0 Å². The Hall–Kier alpha value is -3.28. The third-order valence-electron chi connectivity index (χ3n) is 4.40. The van der Waals surface area contributed by atoms with Crippen LogP contribution in [-0.2, 0) is 11.2 Å². The molecule has 1 atom stereocenters. The smallest absolute Gasteiger partial charge is 0.248 e. The number of phenolic OH excluding ortho intramolecular Hbond substituents is 2. The first-order chi connectivity index (χ1) is 12.8. The number of benzene rings is 2. The number of carbonyl (C=O) groups excluding carboxylic acids is 2. The highest BCUT2D eigenvalue weighted by Gasteiger charge is 2.40. The first-order valence-corrected chi connectivity index (χ1v) is 8.43. The molecule has 2 N–H and O–H groups in total. The van der Waals surface area contributed by atoms with Crippen LogP contribution in [0.4, 0.5) is 0 Å². The van der Waals surface area contributed by atoms with Gasteiger partial charge in [-0.2, -0.15) is 0 Å². The number of aromatic hydroxyl groups is 2. The minimum Gasteiger partial charge on any atom is -0.507 e. The molecule has 0 spiro atoms. The van der Waals surface area contributed by atoms with Crippen LogP contribution in [0.25, 0.3) is 0 Å². The van der Waals surface area contributed by atoms with E-state index >= 15 is 0 Å². The Morgan fingerprint density at radius 2 is 1.81 bits per heavy atom. The van der Waals surface area contributed by atoms with Crippen molar-refractivity contribution in [3.63, 3.8) is 0 Å². The van der Waals surface area contributed by atoms with Crippen molar-refractivity contribution in [2.75, 3.05) is 7.11 Å². The zero-order valence-corrected chi connectivity index (χ0v) is 15.3. The van der Waals surface area contributed by atoms with Gasteiger partial charge in [-0.3, -0.25) is 9.59 Å². The minimum absolute atomic E-state index is 0.0374. The van der Waals surface area contributed by atoms with Gasteiger partial charge in [0.1, 0.15) is 28.6 Å². The third-order valence-corrected chi connectivity index (χ3v) is 4.40. The molecule has 0 aliphatic carbocycles. The lowest BCUT2D eigenvalue weighted by Crippen LogP contribution is -2.32. The second kappa shape index (κ2) is 7.15. The summed E-state index contributed by atoms with van der Waals surface area (Å²) in [6.07, 6.45) is 1.01. The molecule has 2 aromatic rings. The summed E-state index contributed by atoms with van der Waals surface area (Å²) in [6.45, 7) is 3.80. The number of rotatable bonds is 4. The van der Waals surface area contributed by atoms with Crippen LogP contribution >= 0.6 is 0 Å². The molecule has 0 fully saturated rings. The summed E-state index contributed by atoms with van der Waals surface area (Å²) < 4.78 is 10.9. The molecule has 6 heteroatoms. The molecule has 1 aliphatic rings. The van der Waals surface area contributed by atoms with Crippen molar-refractivity contribution in [3.05, 3.63) is 58.7 Å². The highest BCUT2D eigenvalue weighted by atomic mass is 16.5. The van der Waals surface area contributed by atoms with Crippen molar-refractivity contribution in [2.45, 2.75) is 26.4 Å². The summed E-state index contributed by atoms with van der Waals surface area (Å²) in [6, 6.07) is 7.66. The Bertz CT molecular complexity index is 936. The van der Waals surface area contributed by atoms with Crippen LogP contribution in [0.5, 0.6) is 23.0 Å². The van der Waals surface area contributed by atoms with E-state index in [9.17, 15) is 19.8 Å². The molecule has 3 rings (SSSR count). The summed E-state index contributed by atoms with van der Waals surface area (Å²) in [5.41, 5.74) is 1.64. The second-order valence-electron chi connectivity index (χ2n) is 6.55. The maximum atomic E-state index is 12.6. The number of Topliss-reactive ketones (excluding diaryl/α,β-unsaturated/α-hetero) is 2. The van der Waals surface area contributed by atoms with E-state index in [4.69, 9.17) is 9.47 Å². The zero-order chi connectivity index (χ0) is 19.7. The molecule has 2 aromatic carbocycles. The van der Waals surface area contributed by atoms with E-state index in [-0.39, 0.29) is 17.1 Å². The van der Waals surface area contributed by atoms with E-state index < -0.39 is 23.4 Å². The molecule has 27 heavy (non-hydrogen) atoms. The Balaban J connectivity index is 2.11. The number of ketones is 2. The summed E-state index contributed by atoms with van der Waals surface area (Å²) in [4.78, 5) is 25.2. The third kappa shape index (κ3) is 3.38. The normalized spacial score (nSPS) is 15.7.